The van der Waals surface area contributed by atoms with Crippen LogP contribution in [0, 0.1) is 0 Å². The highest BCUT2D eigenvalue weighted by atomic mass is 32.2. The Morgan fingerprint density at radius 3 is 2.95 bits per heavy atom. The highest BCUT2D eigenvalue weighted by Crippen LogP contribution is 2.13. The van der Waals surface area contributed by atoms with E-state index in [0.717, 1.165) is 4.57 Å². The first-order valence-electron chi connectivity index (χ1n) is 5.42. The number of carbonyl (C=O) groups is 2. The Morgan fingerprint density at radius 1 is 1.58 bits per heavy atom. The molecule has 1 aliphatic heterocycles. The summed E-state index contributed by atoms with van der Waals surface area (Å²) in [6, 6.07) is 2.23. The summed E-state index contributed by atoms with van der Waals surface area (Å²) in [7, 11) is 0. The van der Waals surface area contributed by atoms with Crippen LogP contribution in [0.2, 0.25) is 0 Å². The molecule has 0 aliphatic carbocycles. The summed E-state index contributed by atoms with van der Waals surface area (Å²) in [5, 5.41) is 11.2. The molecule has 1 amide bonds. The number of hydrogen-bond acceptors (Lipinski definition) is 5. The minimum Gasteiger partial charge on any atom is -0.480 e. The van der Waals surface area contributed by atoms with Gasteiger partial charge in [0.2, 0.25) is 5.91 Å². The molecule has 2 N–H and O–H groups in total. The largest absolute Gasteiger partial charge is 0.480 e. The van der Waals surface area contributed by atoms with Crippen molar-refractivity contribution in [1.29, 1.82) is 0 Å². The molecule has 2 rings (SSSR count). The van der Waals surface area contributed by atoms with E-state index in [1.165, 1.54) is 30.1 Å². The minimum absolute atomic E-state index is 0.281. The van der Waals surface area contributed by atoms with Crippen LogP contribution in [0.15, 0.2) is 28.1 Å². The molecule has 1 atom stereocenters. The zero-order chi connectivity index (χ0) is 13.8. The Bertz CT molecular complexity index is 596. The lowest BCUT2D eigenvalue weighted by atomic mass is 10.3. The molecular formula is C11H11N3O4S. The van der Waals surface area contributed by atoms with Gasteiger partial charge in [0, 0.05) is 23.7 Å². The van der Waals surface area contributed by atoms with Crippen LogP contribution in [0.5, 0.6) is 0 Å². The van der Waals surface area contributed by atoms with E-state index < -0.39 is 24.1 Å². The molecule has 8 heteroatoms. The van der Waals surface area contributed by atoms with Crippen LogP contribution in [-0.4, -0.2) is 38.9 Å². The SMILES string of the molecule is O=C(O)Cn1ccc(NC(=O)C2CSC=N2)cc1=O. The minimum atomic E-state index is -1.10. The van der Waals surface area contributed by atoms with Gasteiger partial charge in [0.25, 0.3) is 5.56 Å². The van der Waals surface area contributed by atoms with E-state index in [-0.39, 0.29) is 5.91 Å². The first kappa shape index (κ1) is 13.3. The van der Waals surface area contributed by atoms with E-state index in [1.54, 1.807) is 5.55 Å². The van der Waals surface area contributed by atoms with E-state index in [0.29, 0.717) is 11.4 Å². The third-order valence-corrected chi connectivity index (χ3v) is 3.22. The van der Waals surface area contributed by atoms with Crippen molar-refractivity contribution < 1.29 is 14.7 Å². The van der Waals surface area contributed by atoms with Crippen molar-refractivity contribution in [2.75, 3.05) is 11.1 Å². The van der Waals surface area contributed by atoms with Gasteiger partial charge in [-0.15, -0.1) is 11.8 Å². The number of anilines is 1. The number of rotatable bonds is 4. The van der Waals surface area contributed by atoms with Gasteiger partial charge in [-0.1, -0.05) is 0 Å². The maximum absolute atomic E-state index is 11.7. The molecule has 0 radical (unpaired) electrons. The zero-order valence-corrected chi connectivity index (χ0v) is 10.6. The second-order valence-corrected chi connectivity index (χ2v) is 4.75. The van der Waals surface area contributed by atoms with Gasteiger partial charge < -0.3 is 15.0 Å². The Balaban J connectivity index is 2.07. The number of pyridine rings is 1. The Morgan fingerprint density at radius 2 is 2.37 bits per heavy atom. The van der Waals surface area contributed by atoms with E-state index in [9.17, 15) is 14.4 Å². The predicted octanol–water partition coefficient (Wildman–Crippen LogP) is 0.0151. The molecule has 100 valence electrons. The molecule has 1 aromatic rings. The van der Waals surface area contributed by atoms with Crippen LogP contribution in [0.25, 0.3) is 0 Å². The number of nitrogens with one attached hydrogen (secondary N) is 1. The molecule has 1 aromatic heterocycles. The van der Waals surface area contributed by atoms with Crippen molar-refractivity contribution in [2.45, 2.75) is 12.6 Å². The molecule has 2 heterocycles. The van der Waals surface area contributed by atoms with Gasteiger partial charge in [0.05, 0.1) is 5.55 Å². The lowest BCUT2D eigenvalue weighted by Gasteiger charge is -2.09. The number of hydrogen-bond donors (Lipinski definition) is 2. The normalized spacial score (nSPS) is 17.4. The van der Waals surface area contributed by atoms with Gasteiger partial charge in [-0.05, 0) is 6.07 Å². The number of thioether (sulfide) groups is 1. The maximum atomic E-state index is 11.7. The van der Waals surface area contributed by atoms with Gasteiger partial charge in [0.1, 0.15) is 12.6 Å². The summed E-state index contributed by atoms with van der Waals surface area (Å²) >= 11 is 1.45. The number of amides is 1. The Kier molecular flexibility index (Phi) is 4.00. The van der Waals surface area contributed by atoms with Gasteiger partial charge in [-0.2, -0.15) is 0 Å². The summed E-state index contributed by atoms with van der Waals surface area (Å²) in [4.78, 5) is 37.8. The molecule has 1 aliphatic rings. The van der Waals surface area contributed by atoms with Crippen molar-refractivity contribution in [3.05, 3.63) is 28.7 Å². The molecule has 0 saturated heterocycles. The fraction of sp³-hybridized carbons (Fsp3) is 0.273. The van der Waals surface area contributed by atoms with Crippen LogP contribution < -0.4 is 10.9 Å². The lowest BCUT2D eigenvalue weighted by molar-refractivity contribution is -0.137. The van der Waals surface area contributed by atoms with Crippen LogP contribution in [0.1, 0.15) is 0 Å². The zero-order valence-electron chi connectivity index (χ0n) is 9.78. The smallest absolute Gasteiger partial charge is 0.323 e. The van der Waals surface area contributed by atoms with Crippen LogP contribution in [-0.2, 0) is 16.1 Å². The number of aromatic nitrogens is 1. The fourth-order valence-electron chi connectivity index (χ4n) is 1.52. The molecule has 0 saturated carbocycles. The third-order valence-electron chi connectivity index (χ3n) is 2.44. The fourth-order valence-corrected chi connectivity index (χ4v) is 2.26. The second kappa shape index (κ2) is 5.70. The summed E-state index contributed by atoms with van der Waals surface area (Å²) in [5.74, 6) is -0.796. The number of carbonyl (C=O) groups excluding carboxylic acids is 1. The van der Waals surface area contributed by atoms with E-state index in [1.807, 2.05) is 0 Å². The van der Waals surface area contributed by atoms with Crippen molar-refractivity contribution in [1.82, 2.24) is 4.57 Å². The van der Waals surface area contributed by atoms with Crippen LogP contribution in [0.4, 0.5) is 5.69 Å². The summed E-state index contributed by atoms with van der Waals surface area (Å²) in [5.41, 5.74) is 1.47. The topological polar surface area (TPSA) is 101 Å². The summed E-state index contributed by atoms with van der Waals surface area (Å²) in [6.07, 6.45) is 1.33. The molecule has 0 bridgehead atoms. The number of carboxylic acid groups (broad SMARTS) is 1. The van der Waals surface area contributed by atoms with E-state index in [2.05, 4.69) is 10.3 Å². The Hall–Kier alpha value is -2.09. The lowest BCUT2D eigenvalue weighted by Crippen LogP contribution is -2.28. The van der Waals surface area contributed by atoms with Gasteiger partial charge in [-0.25, -0.2) is 0 Å². The molecular weight excluding hydrogens is 270 g/mol. The summed E-state index contributed by atoms with van der Waals surface area (Å²) < 4.78 is 1.04. The molecule has 1 unspecified atom stereocenters. The quantitative estimate of drug-likeness (QED) is 0.810. The number of carboxylic acids is 1. The van der Waals surface area contributed by atoms with Crippen molar-refractivity contribution in [3.8, 4) is 0 Å². The van der Waals surface area contributed by atoms with Gasteiger partial charge in [0.15, 0.2) is 0 Å². The van der Waals surface area contributed by atoms with Crippen molar-refractivity contribution in [3.63, 3.8) is 0 Å². The molecule has 19 heavy (non-hydrogen) atoms. The molecule has 7 nitrogen and oxygen atoms in total. The Labute approximate surface area is 112 Å². The van der Waals surface area contributed by atoms with Crippen LogP contribution >= 0.6 is 11.8 Å². The predicted molar refractivity (Wildman–Crippen MR) is 71.7 cm³/mol. The number of aliphatic carboxylic acids is 1. The van der Waals surface area contributed by atoms with E-state index >= 15 is 0 Å². The average molecular weight is 281 g/mol. The van der Waals surface area contributed by atoms with Gasteiger partial charge in [-0.3, -0.25) is 19.4 Å². The monoisotopic (exact) mass is 281 g/mol. The first-order chi connectivity index (χ1) is 9.06. The highest BCUT2D eigenvalue weighted by molar-refractivity contribution is 8.12. The van der Waals surface area contributed by atoms with Crippen LogP contribution in [0.3, 0.4) is 0 Å². The number of nitrogens with zero attached hydrogens (tertiary/aromatic N) is 2. The van der Waals surface area contributed by atoms with Crippen molar-refractivity contribution in [2.24, 2.45) is 4.99 Å². The summed E-state index contributed by atoms with van der Waals surface area (Å²) in [6.45, 7) is -0.406. The molecule has 0 aromatic carbocycles. The first-order valence-corrected chi connectivity index (χ1v) is 6.47. The standard InChI is InChI=1S/C11H11N3O4S/c15-9-3-7(1-2-14(9)4-10(16)17)13-11(18)8-5-19-6-12-8/h1-3,6,8H,4-5H2,(H,13,18)(H,16,17). The highest BCUT2D eigenvalue weighted by Gasteiger charge is 2.20. The molecule has 0 spiro atoms. The third kappa shape index (κ3) is 3.44. The maximum Gasteiger partial charge on any atom is 0.323 e. The average Bonchev–Trinajstić information content (AvgIpc) is 2.86. The van der Waals surface area contributed by atoms with Gasteiger partial charge >= 0.3 is 5.97 Å². The van der Waals surface area contributed by atoms with Crippen molar-refractivity contribution >= 4 is 34.9 Å². The number of aliphatic imine (C=N–C) groups is 1. The second-order valence-electron chi connectivity index (χ2n) is 3.87. The van der Waals surface area contributed by atoms with E-state index in [4.69, 9.17) is 5.11 Å². The molecule has 0 fully saturated rings.